The van der Waals surface area contributed by atoms with E-state index >= 15 is 0 Å². The molecule has 0 aliphatic rings. The van der Waals surface area contributed by atoms with Crippen LogP contribution in [0.3, 0.4) is 0 Å². The molecule has 0 bridgehead atoms. The fourth-order valence-corrected chi connectivity index (χ4v) is 1.61. The third-order valence-corrected chi connectivity index (χ3v) is 2.63. The number of hydrogen-bond acceptors (Lipinski definition) is 3. The molecule has 4 heteroatoms. The van der Waals surface area contributed by atoms with Crippen LogP contribution in [0.25, 0.3) is 6.08 Å². The van der Waals surface area contributed by atoms with E-state index in [1.807, 2.05) is 24.3 Å². The van der Waals surface area contributed by atoms with E-state index in [-0.39, 0.29) is 5.97 Å². The molecule has 0 fully saturated rings. The monoisotopic (exact) mass is 284 g/mol. The Labute approximate surface area is 103 Å². The van der Waals surface area contributed by atoms with Gasteiger partial charge in [-0.1, -0.05) is 28.1 Å². The van der Waals surface area contributed by atoms with Crippen molar-refractivity contribution in [2.24, 2.45) is 0 Å². The number of hydrogen-bond donors (Lipinski definition) is 0. The second kappa shape index (κ2) is 6.33. The number of methoxy groups -OCH3 is 2. The number of esters is 1. The summed E-state index contributed by atoms with van der Waals surface area (Å²) < 4.78 is 9.76. The summed E-state index contributed by atoms with van der Waals surface area (Å²) in [6.45, 7) is 0. The van der Waals surface area contributed by atoms with Gasteiger partial charge in [-0.05, 0) is 23.8 Å². The minimum Gasteiger partial charge on any atom is -0.497 e. The van der Waals surface area contributed by atoms with Crippen molar-refractivity contribution in [1.29, 1.82) is 0 Å². The Hall–Kier alpha value is -1.29. The van der Waals surface area contributed by atoms with Crippen molar-refractivity contribution < 1.29 is 14.3 Å². The van der Waals surface area contributed by atoms with Crippen molar-refractivity contribution in [3.63, 3.8) is 0 Å². The Morgan fingerprint density at radius 3 is 2.75 bits per heavy atom. The third-order valence-electron chi connectivity index (χ3n) is 2.03. The van der Waals surface area contributed by atoms with Crippen molar-refractivity contribution in [3.05, 3.63) is 35.4 Å². The Morgan fingerprint density at radius 1 is 1.44 bits per heavy atom. The van der Waals surface area contributed by atoms with E-state index < -0.39 is 0 Å². The molecule has 0 spiro atoms. The van der Waals surface area contributed by atoms with Crippen LogP contribution in [0, 0.1) is 0 Å². The Morgan fingerprint density at radius 2 is 2.19 bits per heavy atom. The number of carbonyl (C=O) groups excluding carboxylic acids is 1. The molecule has 0 amide bonds. The molecule has 0 saturated heterocycles. The van der Waals surface area contributed by atoms with Gasteiger partial charge < -0.3 is 9.47 Å². The van der Waals surface area contributed by atoms with Crippen molar-refractivity contribution in [3.8, 4) is 5.75 Å². The summed E-state index contributed by atoms with van der Waals surface area (Å²) in [6, 6.07) is 7.47. The molecule has 0 aliphatic carbocycles. The van der Waals surface area contributed by atoms with E-state index in [4.69, 9.17) is 4.74 Å². The maximum Gasteiger partial charge on any atom is 0.334 e. The first-order valence-corrected chi connectivity index (χ1v) is 5.82. The second-order valence-corrected chi connectivity index (χ2v) is 3.63. The summed E-state index contributed by atoms with van der Waals surface area (Å²) in [7, 11) is 2.97. The Kier molecular flexibility index (Phi) is 5.05. The van der Waals surface area contributed by atoms with E-state index in [0.717, 1.165) is 11.3 Å². The third kappa shape index (κ3) is 3.38. The molecule has 0 aliphatic heterocycles. The number of alkyl halides is 1. The average molecular weight is 285 g/mol. The first kappa shape index (κ1) is 12.8. The minimum absolute atomic E-state index is 0.334. The smallest absolute Gasteiger partial charge is 0.334 e. The van der Waals surface area contributed by atoms with Crippen LogP contribution in [0.2, 0.25) is 0 Å². The maximum atomic E-state index is 11.4. The second-order valence-electron chi connectivity index (χ2n) is 3.07. The Balaban J connectivity index is 2.98. The highest BCUT2D eigenvalue weighted by Gasteiger charge is 2.07. The van der Waals surface area contributed by atoms with Crippen molar-refractivity contribution in [2.45, 2.75) is 0 Å². The molecule has 3 nitrogen and oxygen atoms in total. The fourth-order valence-electron chi connectivity index (χ4n) is 1.22. The first-order chi connectivity index (χ1) is 7.71. The molecular weight excluding hydrogens is 272 g/mol. The van der Waals surface area contributed by atoms with Gasteiger partial charge in [0.25, 0.3) is 0 Å². The van der Waals surface area contributed by atoms with Crippen LogP contribution >= 0.6 is 15.9 Å². The standard InChI is InChI=1S/C12H13BrO3/c1-15-11-5-3-4-9(7-11)6-10(8-13)12(14)16-2/h3-7H,8H2,1-2H3/b10-6+. The molecule has 0 unspecified atom stereocenters. The molecule has 1 rings (SSSR count). The molecule has 0 N–H and O–H groups in total. The van der Waals surface area contributed by atoms with E-state index in [1.54, 1.807) is 13.2 Å². The van der Waals surface area contributed by atoms with Crippen LogP contribution in [-0.4, -0.2) is 25.5 Å². The minimum atomic E-state index is -0.334. The molecule has 16 heavy (non-hydrogen) atoms. The van der Waals surface area contributed by atoms with Gasteiger partial charge in [0.2, 0.25) is 0 Å². The quantitative estimate of drug-likeness (QED) is 0.484. The molecule has 0 radical (unpaired) electrons. The van der Waals surface area contributed by atoms with E-state index in [0.29, 0.717) is 10.9 Å². The topological polar surface area (TPSA) is 35.5 Å². The molecular formula is C12H13BrO3. The zero-order valence-electron chi connectivity index (χ0n) is 9.20. The van der Waals surface area contributed by atoms with Gasteiger partial charge in [0.15, 0.2) is 0 Å². The van der Waals surface area contributed by atoms with Gasteiger partial charge >= 0.3 is 5.97 Å². The van der Waals surface area contributed by atoms with E-state index in [2.05, 4.69) is 20.7 Å². The summed E-state index contributed by atoms with van der Waals surface area (Å²) >= 11 is 3.25. The highest BCUT2D eigenvalue weighted by molar-refractivity contribution is 9.09. The van der Waals surface area contributed by atoms with Crippen LogP contribution in [-0.2, 0) is 9.53 Å². The number of ether oxygens (including phenoxy) is 2. The Bertz CT molecular complexity index is 399. The predicted octanol–water partition coefficient (Wildman–Crippen LogP) is 2.65. The largest absolute Gasteiger partial charge is 0.497 e. The highest BCUT2D eigenvalue weighted by Crippen LogP contribution is 2.16. The van der Waals surface area contributed by atoms with Crippen molar-refractivity contribution in [2.75, 3.05) is 19.5 Å². The number of carbonyl (C=O) groups is 1. The van der Waals surface area contributed by atoms with Crippen LogP contribution in [0.15, 0.2) is 29.8 Å². The zero-order valence-corrected chi connectivity index (χ0v) is 10.8. The molecule has 0 saturated carbocycles. The van der Waals surface area contributed by atoms with Crippen LogP contribution in [0.5, 0.6) is 5.75 Å². The first-order valence-electron chi connectivity index (χ1n) is 4.70. The van der Waals surface area contributed by atoms with Gasteiger partial charge in [0.1, 0.15) is 5.75 Å². The summed E-state index contributed by atoms with van der Waals surface area (Å²) in [6.07, 6.45) is 1.77. The lowest BCUT2D eigenvalue weighted by Gasteiger charge is -2.03. The van der Waals surface area contributed by atoms with Crippen LogP contribution in [0.1, 0.15) is 5.56 Å². The van der Waals surface area contributed by atoms with Crippen molar-refractivity contribution >= 4 is 28.0 Å². The molecule has 1 aromatic carbocycles. The lowest BCUT2D eigenvalue weighted by molar-refractivity contribution is -0.135. The summed E-state index contributed by atoms with van der Waals surface area (Å²) in [4.78, 5) is 11.4. The molecule has 0 heterocycles. The number of benzene rings is 1. The van der Waals surface area contributed by atoms with E-state index in [1.165, 1.54) is 7.11 Å². The SMILES string of the molecule is COC(=O)/C(=C/c1cccc(OC)c1)CBr. The molecule has 86 valence electrons. The predicted molar refractivity (Wildman–Crippen MR) is 66.8 cm³/mol. The van der Waals surface area contributed by atoms with Gasteiger partial charge in [-0.2, -0.15) is 0 Å². The van der Waals surface area contributed by atoms with Crippen molar-refractivity contribution in [1.82, 2.24) is 0 Å². The van der Waals surface area contributed by atoms with Gasteiger partial charge in [-0.3, -0.25) is 0 Å². The molecule has 0 aromatic heterocycles. The highest BCUT2D eigenvalue weighted by atomic mass is 79.9. The van der Waals surface area contributed by atoms with E-state index in [9.17, 15) is 4.79 Å². The summed E-state index contributed by atoms with van der Waals surface area (Å²) in [5.41, 5.74) is 1.47. The van der Waals surface area contributed by atoms with Crippen LogP contribution in [0.4, 0.5) is 0 Å². The zero-order chi connectivity index (χ0) is 12.0. The summed E-state index contributed by atoms with van der Waals surface area (Å²) in [5, 5.41) is 0.455. The fraction of sp³-hybridized carbons (Fsp3) is 0.250. The molecule has 1 aromatic rings. The normalized spacial score (nSPS) is 11.1. The average Bonchev–Trinajstić information content (AvgIpc) is 2.35. The lowest BCUT2D eigenvalue weighted by Crippen LogP contribution is -2.05. The summed E-state index contributed by atoms with van der Waals surface area (Å²) in [5.74, 6) is 0.423. The van der Waals surface area contributed by atoms with Gasteiger partial charge in [-0.15, -0.1) is 0 Å². The number of halogens is 1. The van der Waals surface area contributed by atoms with Crippen LogP contribution < -0.4 is 4.74 Å². The van der Waals surface area contributed by atoms with Gasteiger partial charge in [-0.25, -0.2) is 4.79 Å². The lowest BCUT2D eigenvalue weighted by atomic mass is 10.1. The van der Waals surface area contributed by atoms with Gasteiger partial charge in [0, 0.05) is 10.9 Å². The van der Waals surface area contributed by atoms with Gasteiger partial charge in [0.05, 0.1) is 14.2 Å². The molecule has 0 atom stereocenters. The number of rotatable bonds is 4. The maximum absolute atomic E-state index is 11.4.